The van der Waals surface area contributed by atoms with Gasteiger partial charge in [0.25, 0.3) is 0 Å². The molecular weight excluding hydrogens is 244 g/mol. The molecule has 0 aromatic heterocycles. The Balaban J connectivity index is 1.85. The molecule has 0 aromatic carbocycles. The molecule has 19 heavy (non-hydrogen) atoms. The van der Waals surface area contributed by atoms with Crippen LogP contribution in [0.3, 0.4) is 0 Å². The number of ether oxygens (including phenoxy) is 2. The van der Waals surface area contributed by atoms with E-state index in [2.05, 4.69) is 19.9 Å². The number of aliphatic hydroxyl groups is 1. The van der Waals surface area contributed by atoms with Crippen LogP contribution in [0.1, 0.15) is 39.5 Å². The highest BCUT2D eigenvalue weighted by Gasteiger charge is 2.62. The highest BCUT2D eigenvalue weighted by atomic mass is 16.6. The van der Waals surface area contributed by atoms with Crippen molar-refractivity contribution in [2.45, 2.75) is 57.3 Å². The summed E-state index contributed by atoms with van der Waals surface area (Å²) in [6, 6.07) is 0. The van der Waals surface area contributed by atoms with Crippen LogP contribution < -0.4 is 0 Å². The van der Waals surface area contributed by atoms with Gasteiger partial charge in [-0.05, 0) is 39.5 Å². The summed E-state index contributed by atoms with van der Waals surface area (Å²) < 4.78 is 11.4. The number of fused-ring (bicyclic) bond motifs is 3. The van der Waals surface area contributed by atoms with Crippen molar-refractivity contribution in [1.82, 2.24) is 0 Å². The van der Waals surface area contributed by atoms with Crippen molar-refractivity contribution in [3.8, 4) is 0 Å². The van der Waals surface area contributed by atoms with E-state index in [9.17, 15) is 9.90 Å². The fourth-order valence-electron chi connectivity index (χ4n) is 3.55. The Kier molecular flexibility index (Phi) is 3.18. The van der Waals surface area contributed by atoms with Gasteiger partial charge < -0.3 is 14.6 Å². The van der Waals surface area contributed by atoms with Crippen LogP contribution in [-0.2, 0) is 14.3 Å². The lowest BCUT2D eigenvalue weighted by atomic mass is 9.81. The first-order chi connectivity index (χ1) is 9.05. The SMILES string of the molecule is C/C1=C\CC[C@@]2(C)O[C@@H]2[C@H]2OC(=O)[C@@H](CO)[C@@H]2CC1. The average molecular weight is 266 g/mol. The minimum absolute atomic E-state index is 0.0183. The van der Waals surface area contributed by atoms with Crippen LogP contribution in [0, 0.1) is 11.8 Å². The van der Waals surface area contributed by atoms with Gasteiger partial charge in [-0.1, -0.05) is 11.6 Å². The maximum absolute atomic E-state index is 11.9. The topological polar surface area (TPSA) is 59.1 Å². The van der Waals surface area contributed by atoms with E-state index in [1.807, 2.05) is 0 Å². The zero-order chi connectivity index (χ0) is 13.6. The first-order valence-corrected chi connectivity index (χ1v) is 7.20. The lowest BCUT2D eigenvalue weighted by molar-refractivity contribution is -0.145. The monoisotopic (exact) mass is 266 g/mol. The second kappa shape index (κ2) is 4.60. The van der Waals surface area contributed by atoms with Crippen molar-refractivity contribution in [2.24, 2.45) is 11.8 Å². The third-order valence-electron chi connectivity index (χ3n) is 4.94. The Morgan fingerprint density at radius 1 is 1.53 bits per heavy atom. The molecule has 2 saturated heterocycles. The fraction of sp³-hybridized carbons (Fsp3) is 0.800. The van der Waals surface area contributed by atoms with Crippen LogP contribution in [0.15, 0.2) is 11.6 Å². The second-order valence-electron chi connectivity index (χ2n) is 6.33. The molecule has 1 N–H and O–H groups in total. The molecule has 0 radical (unpaired) electrons. The Morgan fingerprint density at radius 3 is 3.05 bits per heavy atom. The summed E-state index contributed by atoms with van der Waals surface area (Å²) in [5.41, 5.74) is 1.21. The smallest absolute Gasteiger partial charge is 0.312 e. The van der Waals surface area contributed by atoms with Crippen LogP contribution in [0.25, 0.3) is 0 Å². The number of hydrogen-bond donors (Lipinski definition) is 1. The molecule has 2 heterocycles. The van der Waals surface area contributed by atoms with Crippen molar-refractivity contribution in [1.29, 1.82) is 0 Å². The molecule has 5 atom stereocenters. The minimum atomic E-state index is -0.370. The number of esters is 1. The third-order valence-corrected chi connectivity index (χ3v) is 4.94. The maximum atomic E-state index is 11.9. The Bertz CT molecular complexity index is 416. The molecule has 3 rings (SSSR count). The Morgan fingerprint density at radius 2 is 2.32 bits per heavy atom. The number of hydrogen-bond acceptors (Lipinski definition) is 4. The quantitative estimate of drug-likeness (QED) is 0.447. The van der Waals surface area contributed by atoms with Gasteiger partial charge in [0, 0.05) is 5.92 Å². The van der Waals surface area contributed by atoms with Crippen LogP contribution in [0.5, 0.6) is 0 Å². The van der Waals surface area contributed by atoms with Gasteiger partial charge in [-0.25, -0.2) is 0 Å². The zero-order valence-corrected chi connectivity index (χ0v) is 11.6. The van der Waals surface area contributed by atoms with Gasteiger partial charge in [-0.15, -0.1) is 0 Å². The van der Waals surface area contributed by atoms with E-state index in [1.54, 1.807) is 0 Å². The molecule has 0 unspecified atom stereocenters. The molecule has 4 nitrogen and oxygen atoms in total. The van der Waals surface area contributed by atoms with Crippen molar-refractivity contribution in [3.05, 3.63) is 11.6 Å². The molecule has 0 spiro atoms. The molecule has 2 aliphatic heterocycles. The molecule has 0 aromatic rings. The van der Waals surface area contributed by atoms with E-state index in [0.29, 0.717) is 0 Å². The molecule has 3 aliphatic rings. The number of rotatable bonds is 1. The molecule has 2 fully saturated rings. The standard InChI is InChI=1S/C15H22O4/c1-9-4-3-7-15(2)13(19-15)12-10(6-5-9)11(8-16)14(17)18-12/h4,10-13,16H,3,5-8H2,1-2H3/b9-4+/t10-,11-,12-,13+,15+/m0/s1. The summed E-state index contributed by atoms with van der Waals surface area (Å²) >= 11 is 0. The lowest BCUT2D eigenvalue weighted by Gasteiger charge is -2.21. The van der Waals surface area contributed by atoms with Gasteiger partial charge >= 0.3 is 5.97 Å². The number of carbonyl (C=O) groups is 1. The summed E-state index contributed by atoms with van der Waals surface area (Å²) in [5.74, 6) is -0.535. The molecule has 4 heteroatoms. The normalized spacial score (nSPS) is 48.6. The van der Waals surface area contributed by atoms with Crippen LogP contribution >= 0.6 is 0 Å². The van der Waals surface area contributed by atoms with Crippen LogP contribution in [-0.4, -0.2) is 35.5 Å². The van der Waals surface area contributed by atoms with Gasteiger partial charge in [0.05, 0.1) is 18.1 Å². The molecular formula is C15H22O4. The summed E-state index contributed by atoms with van der Waals surface area (Å²) in [6.07, 6.45) is 5.98. The Hall–Kier alpha value is -0.870. The van der Waals surface area contributed by atoms with E-state index in [0.717, 1.165) is 25.7 Å². The number of epoxide rings is 1. The van der Waals surface area contributed by atoms with E-state index in [1.165, 1.54) is 5.57 Å². The van der Waals surface area contributed by atoms with Crippen LogP contribution in [0.2, 0.25) is 0 Å². The minimum Gasteiger partial charge on any atom is -0.459 e. The maximum Gasteiger partial charge on any atom is 0.312 e. The first-order valence-electron chi connectivity index (χ1n) is 7.20. The van der Waals surface area contributed by atoms with Crippen molar-refractivity contribution >= 4 is 5.97 Å². The third kappa shape index (κ3) is 2.21. The summed E-state index contributed by atoms with van der Waals surface area (Å²) in [7, 11) is 0. The molecule has 1 aliphatic carbocycles. The van der Waals surface area contributed by atoms with Gasteiger partial charge in [-0.2, -0.15) is 0 Å². The van der Waals surface area contributed by atoms with E-state index in [4.69, 9.17) is 9.47 Å². The highest BCUT2D eigenvalue weighted by molar-refractivity contribution is 5.75. The number of aliphatic hydroxyl groups excluding tert-OH is 1. The summed E-state index contributed by atoms with van der Waals surface area (Å²) in [6.45, 7) is 4.11. The first kappa shape index (κ1) is 13.1. The van der Waals surface area contributed by atoms with Crippen molar-refractivity contribution < 1.29 is 19.4 Å². The van der Waals surface area contributed by atoms with E-state index >= 15 is 0 Å². The van der Waals surface area contributed by atoms with Gasteiger partial charge in [0.2, 0.25) is 0 Å². The molecule has 0 amide bonds. The molecule has 106 valence electrons. The van der Waals surface area contributed by atoms with Gasteiger partial charge in [0.1, 0.15) is 12.2 Å². The summed E-state index contributed by atoms with van der Waals surface area (Å²) in [4.78, 5) is 11.9. The predicted octanol–water partition coefficient (Wildman–Crippen LogP) is 1.81. The van der Waals surface area contributed by atoms with Crippen molar-refractivity contribution in [2.75, 3.05) is 6.61 Å². The van der Waals surface area contributed by atoms with E-state index < -0.39 is 0 Å². The average Bonchev–Trinajstić information content (AvgIpc) is 2.92. The largest absolute Gasteiger partial charge is 0.459 e. The Labute approximate surface area is 113 Å². The number of carbonyl (C=O) groups excluding carboxylic acids is 1. The van der Waals surface area contributed by atoms with Crippen molar-refractivity contribution in [3.63, 3.8) is 0 Å². The fourth-order valence-corrected chi connectivity index (χ4v) is 3.55. The van der Waals surface area contributed by atoms with E-state index in [-0.39, 0.29) is 42.2 Å². The summed E-state index contributed by atoms with van der Waals surface area (Å²) in [5, 5.41) is 9.44. The highest BCUT2D eigenvalue weighted by Crippen LogP contribution is 2.50. The second-order valence-corrected chi connectivity index (χ2v) is 6.33. The van der Waals surface area contributed by atoms with Gasteiger partial charge in [0.15, 0.2) is 0 Å². The lowest BCUT2D eigenvalue weighted by Crippen LogP contribution is -2.31. The zero-order valence-electron chi connectivity index (χ0n) is 11.6. The van der Waals surface area contributed by atoms with Crippen LogP contribution in [0.4, 0.5) is 0 Å². The predicted molar refractivity (Wildman–Crippen MR) is 69.4 cm³/mol. The molecule has 0 bridgehead atoms. The number of allylic oxidation sites excluding steroid dienone is 2. The van der Waals surface area contributed by atoms with Gasteiger partial charge in [-0.3, -0.25) is 4.79 Å². The molecule has 0 saturated carbocycles.